The number of carbonyl (C=O) groups excluding carboxylic acids is 1. The molecule has 7 nitrogen and oxygen atoms in total. The maximum absolute atomic E-state index is 11.0. The number of aromatic amines is 1. The number of H-pyrrole nitrogens is 1. The number of pyridine rings is 1. The number of primary amides is 1. The zero-order valence-electron chi connectivity index (χ0n) is 15.4. The fourth-order valence-corrected chi connectivity index (χ4v) is 4.19. The van der Waals surface area contributed by atoms with Crippen molar-refractivity contribution in [2.75, 3.05) is 0 Å². The van der Waals surface area contributed by atoms with Gasteiger partial charge in [0.15, 0.2) is 11.6 Å². The molecule has 1 amide bonds. The summed E-state index contributed by atoms with van der Waals surface area (Å²) in [5.41, 5.74) is 8.00. The van der Waals surface area contributed by atoms with E-state index in [1.54, 1.807) is 6.08 Å². The molecule has 7 heteroatoms. The summed E-state index contributed by atoms with van der Waals surface area (Å²) in [7, 11) is 0. The first-order chi connectivity index (χ1) is 13.7. The van der Waals surface area contributed by atoms with Gasteiger partial charge in [-0.15, -0.1) is 0 Å². The van der Waals surface area contributed by atoms with Gasteiger partial charge in [0.1, 0.15) is 16.9 Å². The highest BCUT2D eigenvalue weighted by molar-refractivity contribution is 6.02. The lowest BCUT2D eigenvalue weighted by atomic mass is 9.95. The third kappa shape index (κ3) is 2.79. The van der Waals surface area contributed by atoms with Crippen LogP contribution in [0.3, 0.4) is 0 Å². The molecule has 142 valence electrons. The molecular formula is C21H21N5O2. The van der Waals surface area contributed by atoms with Gasteiger partial charge in [-0.25, -0.2) is 9.97 Å². The molecule has 0 radical (unpaired) electrons. The van der Waals surface area contributed by atoms with Gasteiger partial charge < -0.3 is 19.7 Å². The molecule has 0 aromatic carbocycles. The van der Waals surface area contributed by atoms with Gasteiger partial charge in [-0.3, -0.25) is 4.79 Å². The van der Waals surface area contributed by atoms with E-state index in [-0.39, 0.29) is 0 Å². The lowest BCUT2D eigenvalue weighted by molar-refractivity contribution is -0.113. The predicted molar refractivity (Wildman–Crippen MR) is 107 cm³/mol. The number of hydrogen-bond donors (Lipinski definition) is 2. The van der Waals surface area contributed by atoms with E-state index in [4.69, 9.17) is 15.1 Å². The van der Waals surface area contributed by atoms with Crippen molar-refractivity contribution >= 4 is 34.1 Å². The highest BCUT2D eigenvalue weighted by atomic mass is 16.3. The molecule has 28 heavy (non-hydrogen) atoms. The monoisotopic (exact) mass is 375 g/mol. The zero-order valence-corrected chi connectivity index (χ0v) is 15.4. The Hall–Kier alpha value is -3.35. The molecule has 1 aliphatic rings. The minimum absolute atomic E-state index is 0.379. The first-order valence-corrected chi connectivity index (χ1v) is 9.62. The van der Waals surface area contributed by atoms with Gasteiger partial charge in [0.05, 0.1) is 11.7 Å². The Kier molecular flexibility index (Phi) is 4.00. The number of nitrogens with one attached hydrogen (secondary N) is 1. The molecule has 4 heterocycles. The van der Waals surface area contributed by atoms with Crippen molar-refractivity contribution in [3.05, 3.63) is 42.4 Å². The number of fused-ring (bicyclic) bond motifs is 3. The highest BCUT2D eigenvalue weighted by Crippen LogP contribution is 2.38. The van der Waals surface area contributed by atoms with Crippen molar-refractivity contribution in [1.82, 2.24) is 19.5 Å². The second-order valence-corrected chi connectivity index (χ2v) is 7.27. The Morgan fingerprint density at radius 2 is 2.11 bits per heavy atom. The van der Waals surface area contributed by atoms with Crippen molar-refractivity contribution in [1.29, 1.82) is 0 Å². The largest absolute Gasteiger partial charge is 0.453 e. The van der Waals surface area contributed by atoms with Crippen LogP contribution in [0.4, 0.5) is 0 Å². The SMILES string of the molecule is NC(=O)C=Cc1ccc(-c2nc3cnc4[nH]ccc4c3n2C2CCCCC2)o1. The molecule has 5 rings (SSSR count). The lowest BCUT2D eigenvalue weighted by Crippen LogP contribution is -2.14. The molecule has 1 saturated carbocycles. The Morgan fingerprint density at radius 3 is 2.93 bits per heavy atom. The quantitative estimate of drug-likeness (QED) is 0.522. The molecular weight excluding hydrogens is 354 g/mol. The molecule has 1 fully saturated rings. The van der Waals surface area contributed by atoms with Crippen molar-refractivity contribution in [2.24, 2.45) is 5.73 Å². The summed E-state index contributed by atoms with van der Waals surface area (Å²) in [5, 5.41) is 1.07. The Morgan fingerprint density at radius 1 is 1.25 bits per heavy atom. The zero-order chi connectivity index (χ0) is 19.1. The van der Waals surface area contributed by atoms with Crippen LogP contribution in [-0.2, 0) is 4.79 Å². The van der Waals surface area contributed by atoms with Crippen LogP contribution in [0.15, 0.2) is 41.1 Å². The number of furan rings is 1. The van der Waals surface area contributed by atoms with E-state index in [9.17, 15) is 4.79 Å². The second kappa shape index (κ2) is 6.67. The Balaban J connectivity index is 1.70. The molecule has 4 aromatic heterocycles. The van der Waals surface area contributed by atoms with E-state index in [2.05, 4.69) is 20.6 Å². The summed E-state index contributed by atoms with van der Waals surface area (Å²) >= 11 is 0. The van der Waals surface area contributed by atoms with Crippen molar-refractivity contribution in [3.63, 3.8) is 0 Å². The van der Waals surface area contributed by atoms with Crippen molar-refractivity contribution in [2.45, 2.75) is 38.1 Å². The van der Waals surface area contributed by atoms with E-state index in [0.29, 0.717) is 17.6 Å². The number of aromatic nitrogens is 4. The normalized spacial score (nSPS) is 15.9. The van der Waals surface area contributed by atoms with Gasteiger partial charge in [0.25, 0.3) is 0 Å². The molecule has 4 aromatic rings. The smallest absolute Gasteiger partial charge is 0.241 e. The summed E-state index contributed by atoms with van der Waals surface area (Å²) in [6.45, 7) is 0. The number of carbonyl (C=O) groups is 1. The van der Waals surface area contributed by atoms with Crippen LogP contribution in [0.1, 0.15) is 43.9 Å². The van der Waals surface area contributed by atoms with Gasteiger partial charge in [0.2, 0.25) is 5.91 Å². The molecule has 0 unspecified atom stereocenters. The van der Waals surface area contributed by atoms with Gasteiger partial charge >= 0.3 is 0 Å². The van der Waals surface area contributed by atoms with Crippen LogP contribution < -0.4 is 5.73 Å². The van der Waals surface area contributed by atoms with Crippen LogP contribution in [0, 0.1) is 0 Å². The minimum Gasteiger partial charge on any atom is -0.453 e. The minimum atomic E-state index is -0.506. The maximum Gasteiger partial charge on any atom is 0.241 e. The van der Waals surface area contributed by atoms with E-state index < -0.39 is 5.91 Å². The van der Waals surface area contributed by atoms with Gasteiger partial charge in [-0.05, 0) is 37.1 Å². The van der Waals surface area contributed by atoms with Crippen LogP contribution in [0.5, 0.6) is 0 Å². The van der Waals surface area contributed by atoms with E-state index in [0.717, 1.165) is 40.7 Å². The topological polar surface area (TPSA) is 103 Å². The second-order valence-electron chi connectivity index (χ2n) is 7.27. The van der Waals surface area contributed by atoms with Crippen LogP contribution in [-0.4, -0.2) is 25.4 Å². The standard InChI is InChI=1S/C21H21N5O2/c22-18(27)9-7-14-6-8-17(28-14)21-25-16-12-24-20-15(10-11-23-20)19(16)26(21)13-4-2-1-3-5-13/h6-13H,1-5H2,(H2,22,27)(H,23,24). The maximum atomic E-state index is 11.0. The third-order valence-electron chi connectivity index (χ3n) is 5.43. The van der Waals surface area contributed by atoms with Crippen LogP contribution in [0.2, 0.25) is 0 Å². The molecule has 0 aliphatic heterocycles. The Bertz CT molecular complexity index is 1190. The van der Waals surface area contributed by atoms with Crippen molar-refractivity contribution < 1.29 is 9.21 Å². The van der Waals surface area contributed by atoms with Crippen LogP contribution in [0.25, 0.3) is 39.7 Å². The summed E-state index contributed by atoms with van der Waals surface area (Å²) in [6.07, 6.45) is 12.6. The highest BCUT2D eigenvalue weighted by Gasteiger charge is 2.25. The summed E-state index contributed by atoms with van der Waals surface area (Å²) in [4.78, 5) is 23.6. The van der Waals surface area contributed by atoms with Crippen LogP contribution >= 0.6 is 0 Å². The molecule has 3 N–H and O–H groups in total. The van der Waals surface area contributed by atoms with E-state index in [1.165, 1.54) is 25.3 Å². The molecule has 0 bridgehead atoms. The molecule has 0 atom stereocenters. The molecule has 1 aliphatic carbocycles. The average molecular weight is 375 g/mol. The summed E-state index contributed by atoms with van der Waals surface area (Å²) in [5.74, 6) is 1.54. The van der Waals surface area contributed by atoms with Gasteiger partial charge in [-0.1, -0.05) is 19.3 Å². The predicted octanol–water partition coefficient (Wildman–Crippen LogP) is 4.18. The van der Waals surface area contributed by atoms with E-state index >= 15 is 0 Å². The Labute approximate surface area is 161 Å². The average Bonchev–Trinajstić information content (AvgIpc) is 3.43. The van der Waals surface area contributed by atoms with Crippen molar-refractivity contribution in [3.8, 4) is 11.6 Å². The van der Waals surface area contributed by atoms with Gasteiger partial charge in [-0.2, -0.15) is 0 Å². The molecule has 0 saturated heterocycles. The fourth-order valence-electron chi connectivity index (χ4n) is 4.19. The fraction of sp³-hybridized carbons (Fsp3) is 0.286. The number of rotatable bonds is 4. The summed E-state index contributed by atoms with van der Waals surface area (Å²) < 4.78 is 8.29. The number of nitrogens with two attached hydrogens (primary N) is 1. The number of amides is 1. The van der Waals surface area contributed by atoms with Gasteiger partial charge in [0, 0.05) is 23.7 Å². The number of hydrogen-bond acceptors (Lipinski definition) is 4. The first-order valence-electron chi connectivity index (χ1n) is 9.62. The summed E-state index contributed by atoms with van der Waals surface area (Å²) in [6, 6.07) is 6.15. The number of nitrogens with zero attached hydrogens (tertiary/aromatic N) is 3. The first kappa shape index (κ1) is 16.8. The molecule has 0 spiro atoms. The lowest BCUT2D eigenvalue weighted by Gasteiger charge is -2.25. The van der Waals surface area contributed by atoms with E-state index in [1.807, 2.05) is 24.5 Å². The third-order valence-corrected chi connectivity index (χ3v) is 5.43. The number of imidazole rings is 1.